The van der Waals surface area contributed by atoms with Crippen molar-refractivity contribution in [3.63, 3.8) is 0 Å². The largest absolute Gasteiger partial charge is 0.480 e. The number of aliphatic carboxylic acids is 1. The minimum absolute atomic E-state index is 0.00483. The molecular formula is C16H22N2O6S. The maximum Gasteiger partial charge on any atom is 0.340 e. The summed E-state index contributed by atoms with van der Waals surface area (Å²) in [5.41, 5.74) is 5.37. The van der Waals surface area contributed by atoms with Gasteiger partial charge in [0.2, 0.25) is 0 Å². The van der Waals surface area contributed by atoms with Crippen LogP contribution in [0, 0.1) is 0 Å². The second-order valence-corrected chi connectivity index (χ2v) is 6.64. The van der Waals surface area contributed by atoms with Gasteiger partial charge < -0.3 is 26.0 Å². The first-order valence-electron chi connectivity index (χ1n) is 7.59. The second kappa shape index (κ2) is 9.90. The summed E-state index contributed by atoms with van der Waals surface area (Å²) in [6, 6.07) is 3.48. The lowest BCUT2D eigenvalue weighted by Crippen LogP contribution is -2.42. The molecule has 1 aromatic carbocycles. The number of benzene rings is 1. The van der Waals surface area contributed by atoms with Crippen molar-refractivity contribution >= 4 is 35.4 Å². The quantitative estimate of drug-likeness (QED) is 0.273. The number of thioether (sulfide) groups is 1. The van der Waals surface area contributed by atoms with E-state index in [0.717, 1.165) is 0 Å². The molecule has 0 aliphatic heterocycles. The van der Waals surface area contributed by atoms with Gasteiger partial charge in [0.15, 0.2) is 0 Å². The Kier molecular flexibility index (Phi) is 8.23. The molecule has 0 spiro atoms. The predicted octanol–water partition coefficient (Wildman–Crippen LogP) is 1.31. The Hall–Kier alpha value is -2.26. The molecule has 0 heterocycles. The molecule has 0 aliphatic carbocycles. The first-order chi connectivity index (χ1) is 11.7. The van der Waals surface area contributed by atoms with Crippen LogP contribution in [0.1, 0.15) is 34.6 Å². The molecule has 1 unspecified atom stereocenters. The number of nitrogens with one attached hydrogen (secondary N) is 1. The molecule has 0 saturated carbocycles. The van der Waals surface area contributed by atoms with Gasteiger partial charge >= 0.3 is 17.9 Å². The average Bonchev–Trinajstić information content (AvgIpc) is 2.52. The summed E-state index contributed by atoms with van der Waals surface area (Å²) < 4.78 is 5.07. The molecule has 138 valence electrons. The molecule has 0 saturated heterocycles. The molecule has 0 aromatic heterocycles. The van der Waals surface area contributed by atoms with Crippen LogP contribution in [0.3, 0.4) is 0 Å². The van der Waals surface area contributed by atoms with E-state index in [9.17, 15) is 14.4 Å². The number of rotatable bonds is 10. The number of esters is 1. The molecule has 8 nitrogen and oxygen atoms in total. The maximum atomic E-state index is 12.0. The molecule has 0 bridgehead atoms. The smallest absolute Gasteiger partial charge is 0.340 e. The fraction of sp³-hybridized carbons (Fsp3) is 0.438. The van der Waals surface area contributed by atoms with Crippen LogP contribution < -0.4 is 11.1 Å². The number of hydrogen-bond donors (Lipinski definition) is 4. The monoisotopic (exact) mass is 370 g/mol. The van der Waals surface area contributed by atoms with Crippen molar-refractivity contribution in [2.24, 2.45) is 0 Å². The zero-order valence-electron chi connectivity index (χ0n) is 14.0. The molecular weight excluding hydrogens is 348 g/mol. The number of hydrogen-bond acceptors (Lipinski definition) is 7. The van der Waals surface area contributed by atoms with Gasteiger partial charge in [-0.05, 0) is 12.1 Å². The van der Waals surface area contributed by atoms with E-state index in [2.05, 4.69) is 5.32 Å². The predicted molar refractivity (Wildman–Crippen MR) is 95.1 cm³/mol. The van der Waals surface area contributed by atoms with Crippen molar-refractivity contribution in [2.45, 2.75) is 25.9 Å². The number of ether oxygens (including phenoxy) is 1. The van der Waals surface area contributed by atoms with Crippen LogP contribution in [0.15, 0.2) is 18.2 Å². The van der Waals surface area contributed by atoms with Crippen LogP contribution in [-0.4, -0.2) is 58.3 Å². The summed E-state index contributed by atoms with van der Waals surface area (Å²) in [6.45, 7) is 3.78. The van der Waals surface area contributed by atoms with Crippen molar-refractivity contribution in [1.29, 1.82) is 0 Å². The van der Waals surface area contributed by atoms with Crippen molar-refractivity contribution in [3.05, 3.63) is 29.3 Å². The maximum absolute atomic E-state index is 12.0. The summed E-state index contributed by atoms with van der Waals surface area (Å²) in [4.78, 5) is 34.1. The Labute approximate surface area is 149 Å². The zero-order valence-corrected chi connectivity index (χ0v) is 14.8. The standard InChI is InChI=1S/C16H22N2O6S/c1-9(2)18-12(15(21)22)8-25-7-6-24-16(23)11-5-3-4-10(13(11)17)14(19)20/h3-5,9,12,18H,6-8,17H2,1-2H3,(H,19,20)(H,21,22). The molecule has 0 radical (unpaired) electrons. The van der Waals surface area contributed by atoms with Crippen molar-refractivity contribution < 1.29 is 29.3 Å². The third-order valence-corrected chi connectivity index (χ3v) is 4.16. The lowest BCUT2D eigenvalue weighted by molar-refractivity contribution is -0.139. The highest BCUT2D eigenvalue weighted by molar-refractivity contribution is 7.99. The van der Waals surface area contributed by atoms with E-state index in [1.165, 1.54) is 30.0 Å². The number of nitrogen functional groups attached to an aromatic ring is 1. The minimum Gasteiger partial charge on any atom is -0.480 e. The lowest BCUT2D eigenvalue weighted by Gasteiger charge is -2.16. The Bertz CT molecular complexity index is 635. The Morgan fingerprint density at radius 3 is 2.44 bits per heavy atom. The van der Waals surface area contributed by atoms with E-state index in [0.29, 0.717) is 11.5 Å². The number of aromatic carboxylic acids is 1. The number of carboxylic acid groups (broad SMARTS) is 2. The molecule has 9 heteroatoms. The summed E-state index contributed by atoms with van der Waals surface area (Å²) in [6.07, 6.45) is 0. The highest BCUT2D eigenvalue weighted by Crippen LogP contribution is 2.18. The highest BCUT2D eigenvalue weighted by Gasteiger charge is 2.19. The van der Waals surface area contributed by atoms with Crippen LogP contribution in [0.25, 0.3) is 0 Å². The van der Waals surface area contributed by atoms with Crippen LogP contribution in [0.2, 0.25) is 0 Å². The van der Waals surface area contributed by atoms with E-state index in [1.807, 2.05) is 13.8 Å². The van der Waals surface area contributed by atoms with Crippen molar-refractivity contribution in [3.8, 4) is 0 Å². The number of nitrogens with two attached hydrogens (primary N) is 1. The molecule has 5 N–H and O–H groups in total. The number of anilines is 1. The Morgan fingerprint density at radius 2 is 1.88 bits per heavy atom. The first kappa shape index (κ1) is 20.8. The molecule has 25 heavy (non-hydrogen) atoms. The molecule has 1 atom stereocenters. The van der Waals surface area contributed by atoms with E-state index in [-0.39, 0.29) is 29.5 Å². The number of carbonyl (C=O) groups excluding carboxylic acids is 1. The fourth-order valence-corrected chi connectivity index (χ4v) is 2.84. The summed E-state index contributed by atoms with van der Waals surface area (Å²) in [5.74, 6) is -2.12. The van der Waals surface area contributed by atoms with E-state index in [1.54, 1.807) is 0 Å². The van der Waals surface area contributed by atoms with E-state index < -0.39 is 23.9 Å². The van der Waals surface area contributed by atoms with Crippen LogP contribution in [-0.2, 0) is 9.53 Å². The van der Waals surface area contributed by atoms with E-state index in [4.69, 9.17) is 20.7 Å². The van der Waals surface area contributed by atoms with Gasteiger partial charge in [0, 0.05) is 17.5 Å². The summed E-state index contributed by atoms with van der Waals surface area (Å²) >= 11 is 1.34. The third-order valence-electron chi connectivity index (χ3n) is 3.13. The topological polar surface area (TPSA) is 139 Å². The number of carbonyl (C=O) groups is 3. The normalized spacial score (nSPS) is 12.0. The average molecular weight is 370 g/mol. The van der Waals surface area contributed by atoms with Gasteiger partial charge in [-0.1, -0.05) is 19.9 Å². The Morgan fingerprint density at radius 1 is 1.24 bits per heavy atom. The van der Waals surface area contributed by atoms with Crippen LogP contribution in [0.5, 0.6) is 0 Å². The lowest BCUT2D eigenvalue weighted by atomic mass is 10.1. The summed E-state index contributed by atoms with van der Waals surface area (Å²) in [5, 5.41) is 21.0. The van der Waals surface area contributed by atoms with Gasteiger partial charge in [-0.2, -0.15) is 11.8 Å². The van der Waals surface area contributed by atoms with Gasteiger partial charge in [-0.25, -0.2) is 9.59 Å². The second-order valence-electron chi connectivity index (χ2n) is 5.49. The van der Waals surface area contributed by atoms with Crippen molar-refractivity contribution in [1.82, 2.24) is 5.32 Å². The summed E-state index contributed by atoms with van der Waals surface area (Å²) in [7, 11) is 0. The molecule has 1 rings (SSSR count). The molecule has 0 amide bonds. The molecule has 0 fully saturated rings. The first-order valence-corrected chi connectivity index (χ1v) is 8.75. The van der Waals surface area contributed by atoms with Crippen LogP contribution >= 0.6 is 11.8 Å². The van der Waals surface area contributed by atoms with Crippen LogP contribution in [0.4, 0.5) is 5.69 Å². The SMILES string of the molecule is CC(C)NC(CSCCOC(=O)c1cccc(C(=O)O)c1N)C(=O)O. The third kappa shape index (κ3) is 6.63. The number of para-hydroxylation sites is 1. The zero-order chi connectivity index (χ0) is 19.0. The van der Waals surface area contributed by atoms with Gasteiger partial charge in [-0.3, -0.25) is 4.79 Å². The van der Waals surface area contributed by atoms with Gasteiger partial charge in [0.05, 0.1) is 16.8 Å². The minimum atomic E-state index is -1.22. The van der Waals surface area contributed by atoms with Gasteiger partial charge in [-0.15, -0.1) is 0 Å². The fourth-order valence-electron chi connectivity index (χ4n) is 1.99. The molecule has 1 aromatic rings. The van der Waals surface area contributed by atoms with Gasteiger partial charge in [0.1, 0.15) is 12.6 Å². The number of carboxylic acids is 2. The molecule has 0 aliphatic rings. The van der Waals surface area contributed by atoms with Crippen molar-refractivity contribution in [2.75, 3.05) is 23.8 Å². The highest BCUT2D eigenvalue weighted by atomic mass is 32.2. The van der Waals surface area contributed by atoms with E-state index >= 15 is 0 Å². The van der Waals surface area contributed by atoms with Gasteiger partial charge in [0.25, 0.3) is 0 Å². The Balaban J connectivity index is 2.47.